The first-order valence-electron chi connectivity index (χ1n) is 7.12. The first-order valence-corrected chi connectivity index (χ1v) is 7.12. The van der Waals surface area contributed by atoms with Crippen molar-refractivity contribution in [3.05, 3.63) is 33.7 Å². The predicted molar refractivity (Wildman–Crippen MR) is 83.8 cm³/mol. The fourth-order valence-electron chi connectivity index (χ4n) is 1.93. The van der Waals surface area contributed by atoms with E-state index in [1.165, 1.54) is 14.2 Å². The maximum absolute atomic E-state index is 11.9. The standard InChI is InChI=1S/C15H21N3O5/c1-11-8-12(22-7-5-4-6-17-18-16)9-13(23-10-20-2)14(11)15(19)21-3/h8-9H,4-7,10H2,1-3H3. The molecule has 0 bridgehead atoms. The van der Waals surface area contributed by atoms with E-state index in [0.717, 1.165) is 12.8 Å². The molecular weight excluding hydrogens is 302 g/mol. The zero-order chi connectivity index (χ0) is 17.1. The molecule has 0 radical (unpaired) electrons. The van der Waals surface area contributed by atoms with Gasteiger partial charge in [-0.1, -0.05) is 5.11 Å². The lowest BCUT2D eigenvalue weighted by Crippen LogP contribution is -2.10. The SMILES string of the molecule is COCOc1cc(OCCCCN=[N+]=[N-])cc(C)c1C(=O)OC. The van der Waals surface area contributed by atoms with Crippen LogP contribution in [-0.4, -0.2) is 40.1 Å². The molecule has 0 aliphatic carbocycles. The van der Waals surface area contributed by atoms with E-state index in [4.69, 9.17) is 24.5 Å². The van der Waals surface area contributed by atoms with Gasteiger partial charge in [-0.2, -0.15) is 0 Å². The molecule has 0 aliphatic rings. The van der Waals surface area contributed by atoms with Crippen LogP contribution in [0.15, 0.2) is 17.2 Å². The molecule has 1 aromatic rings. The summed E-state index contributed by atoms with van der Waals surface area (Å²) < 4.78 is 20.7. The molecule has 8 nitrogen and oxygen atoms in total. The number of nitrogens with zero attached hydrogens (tertiary/aromatic N) is 3. The van der Waals surface area contributed by atoms with Crippen LogP contribution in [0.3, 0.4) is 0 Å². The molecule has 0 atom stereocenters. The third-order valence-corrected chi connectivity index (χ3v) is 2.98. The van der Waals surface area contributed by atoms with Gasteiger partial charge in [-0.25, -0.2) is 4.79 Å². The molecule has 8 heteroatoms. The number of aryl methyl sites for hydroxylation is 1. The van der Waals surface area contributed by atoms with Gasteiger partial charge in [0.1, 0.15) is 17.1 Å². The van der Waals surface area contributed by atoms with Crippen LogP contribution in [0.2, 0.25) is 0 Å². The quantitative estimate of drug-likeness (QED) is 0.164. The molecule has 126 valence electrons. The van der Waals surface area contributed by atoms with Gasteiger partial charge in [-0.05, 0) is 36.9 Å². The van der Waals surface area contributed by atoms with Crippen LogP contribution >= 0.6 is 0 Å². The normalized spacial score (nSPS) is 9.87. The summed E-state index contributed by atoms with van der Waals surface area (Å²) in [6.45, 7) is 2.71. The zero-order valence-corrected chi connectivity index (χ0v) is 13.6. The van der Waals surface area contributed by atoms with E-state index in [0.29, 0.717) is 35.8 Å². The Balaban J connectivity index is 2.78. The number of unbranched alkanes of at least 4 members (excludes halogenated alkanes) is 1. The Morgan fingerprint density at radius 3 is 2.70 bits per heavy atom. The Hall–Kier alpha value is -2.44. The molecule has 0 N–H and O–H groups in total. The van der Waals surface area contributed by atoms with Crippen LogP contribution in [-0.2, 0) is 9.47 Å². The Labute approximate surface area is 134 Å². The minimum atomic E-state index is -0.477. The van der Waals surface area contributed by atoms with Crippen molar-refractivity contribution >= 4 is 5.97 Å². The monoisotopic (exact) mass is 323 g/mol. The fraction of sp³-hybridized carbons (Fsp3) is 0.533. The summed E-state index contributed by atoms with van der Waals surface area (Å²) in [5, 5.41) is 3.46. The van der Waals surface area contributed by atoms with Crippen molar-refractivity contribution in [2.24, 2.45) is 5.11 Å². The van der Waals surface area contributed by atoms with Gasteiger partial charge >= 0.3 is 5.97 Å². The molecule has 0 heterocycles. The molecule has 23 heavy (non-hydrogen) atoms. The van der Waals surface area contributed by atoms with Gasteiger partial charge in [0.25, 0.3) is 0 Å². The van der Waals surface area contributed by atoms with Crippen LogP contribution in [0.5, 0.6) is 11.5 Å². The first-order chi connectivity index (χ1) is 11.1. The lowest BCUT2D eigenvalue weighted by Gasteiger charge is -2.14. The number of rotatable bonds is 10. The first kappa shape index (κ1) is 18.6. The van der Waals surface area contributed by atoms with E-state index in [-0.39, 0.29) is 6.79 Å². The molecule has 0 spiro atoms. The van der Waals surface area contributed by atoms with Gasteiger partial charge in [0.15, 0.2) is 6.79 Å². The van der Waals surface area contributed by atoms with Crippen LogP contribution in [0.1, 0.15) is 28.8 Å². The summed E-state index contributed by atoms with van der Waals surface area (Å²) in [4.78, 5) is 14.6. The molecule has 0 fully saturated rings. The lowest BCUT2D eigenvalue weighted by atomic mass is 10.1. The van der Waals surface area contributed by atoms with E-state index in [9.17, 15) is 4.79 Å². The van der Waals surface area contributed by atoms with Crippen molar-refractivity contribution in [1.82, 2.24) is 0 Å². The minimum absolute atomic E-state index is 0.0129. The predicted octanol–water partition coefficient (Wildman–Crippen LogP) is 3.23. The third kappa shape index (κ3) is 6.06. The molecule has 0 aliphatic heterocycles. The van der Waals surface area contributed by atoms with Crippen LogP contribution in [0.4, 0.5) is 0 Å². The second-order valence-electron chi connectivity index (χ2n) is 4.67. The van der Waals surface area contributed by atoms with Gasteiger partial charge in [-0.3, -0.25) is 0 Å². The van der Waals surface area contributed by atoms with Crippen LogP contribution < -0.4 is 9.47 Å². The molecule has 0 saturated carbocycles. The number of carbonyl (C=O) groups excluding carboxylic acids is 1. The zero-order valence-electron chi connectivity index (χ0n) is 13.6. The average molecular weight is 323 g/mol. The second kappa shape index (κ2) is 10.3. The number of azide groups is 1. The molecule has 0 unspecified atom stereocenters. The van der Waals surface area contributed by atoms with Crippen molar-refractivity contribution < 1.29 is 23.7 Å². The summed E-state index contributed by atoms with van der Waals surface area (Å²) in [6.07, 6.45) is 1.50. The molecule has 0 saturated heterocycles. The van der Waals surface area contributed by atoms with E-state index in [2.05, 4.69) is 10.0 Å². The summed E-state index contributed by atoms with van der Waals surface area (Å²) in [6, 6.07) is 3.38. The van der Waals surface area contributed by atoms with Crippen LogP contribution in [0.25, 0.3) is 10.4 Å². The molecule has 0 aromatic heterocycles. The average Bonchev–Trinajstić information content (AvgIpc) is 2.55. The maximum Gasteiger partial charge on any atom is 0.341 e. The van der Waals surface area contributed by atoms with Crippen molar-refractivity contribution in [2.75, 3.05) is 34.2 Å². The van der Waals surface area contributed by atoms with Gasteiger partial charge in [0.2, 0.25) is 0 Å². The van der Waals surface area contributed by atoms with Crippen molar-refractivity contribution in [3.8, 4) is 11.5 Å². The Morgan fingerprint density at radius 2 is 2.04 bits per heavy atom. The van der Waals surface area contributed by atoms with E-state index < -0.39 is 5.97 Å². The van der Waals surface area contributed by atoms with Crippen molar-refractivity contribution in [1.29, 1.82) is 0 Å². The number of hydrogen-bond acceptors (Lipinski definition) is 6. The van der Waals surface area contributed by atoms with Crippen LogP contribution in [0, 0.1) is 6.92 Å². The number of benzene rings is 1. The smallest absolute Gasteiger partial charge is 0.341 e. The highest BCUT2D eigenvalue weighted by Crippen LogP contribution is 2.29. The Morgan fingerprint density at radius 1 is 1.26 bits per heavy atom. The molecular formula is C15H21N3O5. The third-order valence-electron chi connectivity index (χ3n) is 2.98. The molecule has 1 aromatic carbocycles. The fourth-order valence-corrected chi connectivity index (χ4v) is 1.93. The van der Waals surface area contributed by atoms with Crippen molar-refractivity contribution in [3.63, 3.8) is 0 Å². The number of esters is 1. The van der Waals surface area contributed by atoms with Gasteiger partial charge in [0, 0.05) is 24.6 Å². The maximum atomic E-state index is 11.9. The van der Waals surface area contributed by atoms with Gasteiger partial charge < -0.3 is 18.9 Å². The second-order valence-corrected chi connectivity index (χ2v) is 4.67. The number of ether oxygens (including phenoxy) is 4. The van der Waals surface area contributed by atoms with Gasteiger partial charge in [0.05, 0.1) is 13.7 Å². The number of carbonyl (C=O) groups is 1. The minimum Gasteiger partial charge on any atom is -0.493 e. The summed E-state index contributed by atoms with van der Waals surface area (Å²) >= 11 is 0. The van der Waals surface area contributed by atoms with E-state index >= 15 is 0 Å². The Kier molecular flexibility index (Phi) is 8.34. The summed E-state index contributed by atoms with van der Waals surface area (Å²) in [7, 11) is 2.81. The van der Waals surface area contributed by atoms with E-state index in [1.54, 1.807) is 19.1 Å². The number of methoxy groups -OCH3 is 2. The highest BCUT2D eigenvalue weighted by atomic mass is 16.7. The summed E-state index contributed by atoms with van der Waals surface area (Å²) in [5.41, 5.74) is 9.23. The van der Waals surface area contributed by atoms with E-state index in [1.807, 2.05) is 0 Å². The van der Waals surface area contributed by atoms with Crippen molar-refractivity contribution in [2.45, 2.75) is 19.8 Å². The number of hydrogen-bond donors (Lipinski definition) is 0. The Bertz CT molecular complexity index is 570. The highest BCUT2D eigenvalue weighted by molar-refractivity contribution is 5.94. The summed E-state index contributed by atoms with van der Waals surface area (Å²) in [5.74, 6) is 0.460. The largest absolute Gasteiger partial charge is 0.493 e. The van der Waals surface area contributed by atoms with Gasteiger partial charge in [-0.15, -0.1) is 0 Å². The highest BCUT2D eigenvalue weighted by Gasteiger charge is 2.18. The lowest BCUT2D eigenvalue weighted by molar-refractivity contribution is 0.0462. The topological polar surface area (TPSA) is 103 Å². The molecule has 1 rings (SSSR count). The molecule has 0 amide bonds.